The number of carbonyl (C=O) groups excluding carboxylic acids is 2. The van der Waals surface area contributed by atoms with Gasteiger partial charge in [-0.2, -0.15) is 0 Å². The zero-order chi connectivity index (χ0) is 19.6. The van der Waals surface area contributed by atoms with Gasteiger partial charge in [0.25, 0.3) is 0 Å². The van der Waals surface area contributed by atoms with Crippen LogP contribution < -0.4 is 0 Å². The second kappa shape index (κ2) is 9.04. The molecule has 0 N–H and O–H groups in total. The molecular weight excluding hydrogens is 338 g/mol. The van der Waals surface area contributed by atoms with Gasteiger partial charge in [-0.15, -0.1) is 0 Å². The standard InChI is InChI=1S/C22H39N3O2/c1-16(2)21(26)13-18-5-6-19-14-25(15-20(18)19)22(27)7-8-23-9-11-24(12-10-23)17(3)4/h16-20H,5-15H2,1-4H3. The van der Waals surface area contributed by atoms with Crippen LogP contribution in [0.2, 0.25) is 0 Å². The summed E-state index contributed by atoms with van der Waals surface area (Å²) in [7, 11) is 0. The van der Waals surface area contributed by atoms with Gasteiger partial charge in [0, 0.05) is 70.6 Å². The molecule has 2 saturated heterocycles. The van der Waals surface area contributed by atoms with Crippen LogP contribution in [-0.4, -0.2) is 78.2 Å². The molecule has 27 heavy (non-hydrogen) atoms. The van der Waals surface area contributed by atoms with Gasteiger partial charge in [0.05, 0.1) is 0 Å². The van der Waals surface area contributed by atoms with Crippen molar-refractivity contribution in [1.82, 2.24) is 14.7 Å². The van der Waals surface area contributed by atoms with Gasteiger partial charge in [0.15, 0.2) is 0 Å². The average Bonchev–Trinajstić information content (AvgIpc) is 3.22. The van der Waals surface area contributed by atoms with Crippen molar-refractivity contribution in [2.24, 2.45) is 23.7 Å². The van der Waals surface area contributed by atoms with Crippen molar-refractivity contribution in [1.29, 1.82) is 0 Å². The van der Waals surface area contributed by atoms with Crippen molar-refractivity contribution in [3.63, 3.8) is 0 Å². The Morgan fingerprint density at radius 1 is 0.963 bits per heavy atom. The molecule has 0 bridgehead atoms. The topological polar surface area (TPSA) is 43.9 Å². The third kappa shape index (κ3) is 5.11. The summed E-state index contributed by atoms with van der Waals surface area (Å²) in [5, 5.41) is 0. The highest BCUT2D eigenvalue weighted by molar-refractivity contribution is 5.80. The summed E-state index contributed by atoms with van der Waals surface area (Å²) >= 11 is 0. The first-order valence-corrected chi connectivity index (χ1v) is 11.1. The first-order chi connectivity index (χ1) is 12.8. The Balaban J connectivity index is 1.41. The molecule has 3 fully saturated rings. The molecule has 2 aliphatic heterocycles. The van der Waals surface area contributed by atoms with Gasteiger partial charge in [-0.1, -0.05) is 13.8 Å². The van der Waals surface area contributed by atoms with Gasteiger partial charge < -0.3 is 9.80 Å². The number of piperazine rings is 1. The maximum Gasteiger partial charge on any atom is 0.223 e. The second-order valence-electron chi connectivity index (χ2n) is 9.61. The van der Waals surface area contributed by atoms with Crippen molar-refractivity contribution < 1.29 is 9.59 Å². The quantitative estimate of drug-likeness (QED) is 0.684. The summed E-state index contributed by atoms with van der Waals surface area (Å²) in [6.45, 7) is 15.6. The van der Waals surface area contributed by atoms with Gasteiger partial charge >= 0.3 is 0 Å². The number of hydrogen-bond donors (Lipinski definition) is 0. The lowest BCUT2D eigenvalue weighted by molar-refractivity contribution is -0.131. The minimum atomic E-state index is 0.138. The Morgan fingerprint density at radius 2 is 1.67 bits per heavy atom. The van der Waals surface area contributed by atoms with Crippen molar-refractivity contribution in [3.8, 4) is 0 Å². The third-order valence-electron chi connectivity index (χ3n) is 7.24. The first-order valence-electron chi connectivity index (χ1n) is 11.1. The molecule has 0 spiro atoms. The Labute approximate surface area is 165 Å². The Hall–Kier alpha value is -0.940. The van der Waals surface area contributed by atoms with E-state index in [0.29, 0.717) is 41.9 Å². The largest absolute Gasteiger partial charge is 0.342 e. The highest BCUT2D eigenvalue weighted by Crippen LogP contribution is 2.44. The SMILES string of the molecule is CC(C)C(=O)CC1CCC2CN(C(=O)CCN3CCN(C(C)C)CC3)CC12. The molecule has 5 nitrogen and oxygen atoms in total. The summed E-state index contributed by atoms with van der Waals surface area (Å²) in [6.07, 6.45) is 3.75. The van der Waals surface area contributed by atoms with E-state index >= 15 is 0 Å². The lowest BCUT2D eigenvalue weighted by atomic mass is 9.86. The monoisotopic (exact) mass is 377 g/mol. The van der Waals surface area contributed by atoms with E-state index < -0.39 is 0 Å². The molecule has 3 unspecified atom stereocenters. The summed E-state index contributed by atoms with van der Waals surface area (Å²) in [6, 6.07) is 0.619. The van der Waals surface area contributed by atoms with Crippen LogP contribution >= 0.6 is 0 Å². The molecule has 0 aromatic rings. The summed E-state index contributed by atoms with van der Waals surface area (Å²) in [5.41, 5.74) is 0. The average molecular weight is 378 g/mol. The van der Waals surface area contributed by atoms with Gasteiger partial charge in [-0.3, -0.25) is 14.5 Å². The summed E-state index contributed by atoms with van der Waals surface area (Å²) in [4.78, 5) is 32.0. The number of hydrogen-bond acceptors (Lipinski definition) is 4. The zero-order valence-electron chi connectivity index (χ0n) is 17.8. The molecule has 0 aromatic carbocycles. The van der Waals surface area contributed by atoms with Crippen LogP contribution in [-0.2, 0) is 9.59 Å². The zero-order valence-corrected chi connectivity index (χ0v) is 17.8. The number of nitrogens with zero attached hydrogens (tertiary/aromatic N) is 3. The number of likely N-dealkylation sites (tertiary alicyclic amines) is 1. The molecule has 1 amide bonds. The van der Waals surface area contributed by atoms with Crippen LogP contribution in [0.15, 0.2) is 0 Å². The highest BCUT2D eigenvalue weighted by atomic mass is 16.2. The summed E-state index contributed by atoms with van der Waals surface area (Å²) in [5.74, 6) is 2.56. The molecule has 154 valence electrons. The lowest BCUT2D eigenvalue weighted by Gasteiger charge is -2.37. The van der Waals surface area contributed by atoms with Crippen LogP contribution in [0.5, 0.6) is 0 Å². The van der Waals surface area contributed by atoms with Crippen molar-refractivity contribution in [2.75, 3.05) is 45.8 Å². The number of rotatable bonds is 7. The van der Waals surface area contributed by atoms with E-state index in [2.05, 4.69) is 28.5 Å². The van der Waals surface area contributed by atoms with Crippen molar-refractivity contribution in [2.45, 2.75) is 59.4 Å². The number of Topliss-reactive ketones (excluding diaryl/α,β-unsaturated/α-hetero) is 1. The molecule has 0 aromatic heterocycles. The third-order valence-corrected chi connectivity index (χ3v) is 7.24. The van der Waals surface area contributed by atoms with E-state index in [1.165, 1.54) is 12.8 Å². The van der Waals surface area contributed by atoms with E-state index in [9.17, 15) is 9.59 Å². The first kappa shape index (κ1) is 20.8. The van der Waals surface area contributed by atoms with Crippen LogP contribution in [0, 0.1) is 23.7 Å². The summed E-state index contributed by atoms with van der Waals surface area (Å²) < 4.78 is 0. The van der Waals surface area contributed by atoms with E-state index in [0.717, 1.165) is 52.2 Å². The molecule has 3 atom stereocenters. The molecule has 3 aliphatic rings. The van der Waals surface area contributed by atoms with Crippen molar-refractivity contribution >= 4 is 11.7 Å². The number of ketones is 1. The predicted molar refractivity (Wildman–Crippen MR) is 109 cm³/mol. The van der Waals surface area contributed by atoms with Crippen LogP contribution in [0.3, 0.4) is 0 Å². The Bertz CT molecular complexity index is 526. The van der Waals surface area contributed by atoms with Crippen LogP contribution in [0.25, 0.3) is 0 Å². The van der Waals surface area contributed by atoms with Crippen LogP contribution in [0.1, 0.15) is 53.4 Å². The van der Waals surface area contributed by atoms with E-state index in [1.54, 1.807) is 0 Å². The van der Waals surface area contributed by atoms with Gasteiger partial charge in [0.1, 0.15) is 5.78 Å². The smallest absolute Gasteiger partial charge is 0.223 e. The van der Waals surface area contributed by atoms with Gasteiger partial charge in [-0.05, 0) is 44.4 Å². The van der Waals surface area contributed by atoms with Gasteiger partial charge in [0.2, 0.25) is 5.91 Å². The van der Waals surface area contributed by atoms with E-state index in [4.69, 9.17) is 0 Å². The minimum Gasteiger partial charge on any atom is -0.342 e. The fourth-order valence-corrected chi connectivity index (χ4v) is 5.24. The highest BCUT2D eigenvalue weighted by Gasteiger charge is 2.44. The van der Waals surface area contributed by atoms with E-state index in [1.807, 2.05) is 13.8 Å². The fourth-order valence-electron chi connectivity index (χ4n) is 5.24. The lowest BCUT2D eigenvalue weighted by Crippen LogP contribution is -2.49. The number of carbonyl (C=O) groups is 2. The van der Waals surface area contributed by atoms with Crippen LogP contribution in [0.4, 0.5) is 0 Å². The normalized spacial score (nSPS) is 29.7. The molecule has 5 heteroatoms. The Kier molecular flexibility index (Phi) is 6.96. The molecule has 3 rings (SSSR count). The Morgan fingerprint density at radius 3 is 2.30 bits per heavy atom. The predicted octanol–water partition coefficient (Wildman–Crippen LogP) is 2.50. The minimum absolute atomic E-state index is 0.138. The molecular formula is C22H39N3O2. The fraction of sp³-hybridized carbons (Fsp3) is 0.909. The molecule has 1 aliphatic carbocycles. The second-order valence-corrected chi connectivity index (χ2v) is 9.61. The maximum absolute atomic E-state index is 12.8. The number of amides is 1. The van der Waals surface area contributed by atoms with E-state index in [-0.39, 0.29) is 5.92 Å². The van der Waals surface area contributed by atoms with Crippen molar-refractivity contribution in [3.05, 3.63) is 0 Å². The molecule has 0 radical (unpaired) electrons. The van der Waals surface area contributed by atoms with Gasteiger partial charge in [-0.25, -0.2) is 0 Å². The molecule has 2 heterocycles. The number of fused-ring (bicyclic) bond motifs is 1. The molecule has 1 saturated carbocycles. The maximum atomic E-state index is 12.8.